The molecule has 7 heterocycles. The Hall–Kier alpha value is -6.34. The van der Waals surface area contributed by atoms with Crippen LogP contribution in [0.1, 0.15) is 42.7 Å². The Bertz CT molecular complexity index is 2770. The summed E-state index contributed by atoms with van der Waals surface area (Å²) in [5, 5.41) is 9.49. The van der Waals surface area contributed by atoms with E-state index in [2.05, 4.69) is 35.7 Å². The zero-order chi connectivity index (χ0) is 44.3. The molecule has 4 saturated heterocycles. The van der Waals surface area contributed by atoms with E-state index in [9.17, 15) is 22.8 Å². The van der Waals surface area contributed by atoms with Gasteiger partial charge in [-0.2, -0.15) is 9.97 Å². The zero-order valence-electron chi connectivity index (χ0n) is 35.3. The lowest BCUT2D eigenvalue weighted by Crippen LogP contribution is -2.59. The van der Waals surface area contributed by atoms with Gasteiger partial charge in [0.05, 0.1) is 40.5 Å². The van der Waals surface area contributed by atoms with Crippen LogP contribution < -0.4 is 30.1 Å². The number of H-pyrrole nitrogens is 1. The van der Waals surface area contributed by atoms with Crippen molar-refractivity contribution in [2.24, 2.45) is 5.92 Å². The lowest BCUT2D eigenvalue weighted by molar-refractivity contribution is -0.138. The molecule has 3 amide bonds. The molecule has 19 heteroatoms. The van der Waals surface area contributed by atoms with Gasteiger partial charge in [-0.05, 0) is 73.7 Å². The third-order valence-corrected chi connectivity index (χ3v) is 14.5. The van der Waals surface area contributed by atoms with Crippen LogP contribution in [0.5, 0.6) is 0 Å². The number of amides is 3. The summed E-state index contributed by atoms with van der Waals surface area (Å²) in [7, 11) is -3.48. The molecule has 16 nitrogen and oxygen atoms in total. The van der Waals surface area contributed by atoms with E-state index in [1.54, 1.807) is 24.4 Å². The second-order valence-corrected chi connectivity index (χ2v) is 19.2. The lowest BCUT2D eigenvalue weighted by Gasteiger charge is -2.46. The molecule has 1 atom stereocenters. The third kappa shape index (κ3) is 8.06. The van der Waals surface area contributed by atoms with Crippen LogP contribution in [0.3, 0.4) is 0 Å². The van der Waals surface area contributed by atoms with Crippen LogP contribution in [-0.4, -0.2) is 122 Å². The number of hydrogen-bond acceptors (Lipinski definition) is 12. The van der Waals surface area contributed by atoms with Gasteiger partial charge in [-0.15, -0.1) is 0 Å². The van der Waals surface area contributed by atoms with Crippen LogP contribution in [0.25, 0.3) is 11.0 Å². The molecule has 2 aromatic heterocycles. The first-order valence-corrected chi connectivity index (χ1v) is 23.7. The number of nitrogens with one attached hydrogen (secondary N) is 4. The minimum absolute atomic E-state index is 0.117. The van der Waals surface area contributed by atoms with Crippen LogP contribution in [0.2, 0.25) is 0 Å². The molecular formula is C45H49F2N11O5S. The van der Waals surface area contributed by atoms with Gasteiger partial charge in [-0.3, -0.25) is 28.9 Å². The molecule has 0 aliphatic carbocycles. The number of halogens is 2. The summed E-state index contributed by atoms with van der Waals surface area (Å²) in [5.74, 6) is -1.69. The summed E-state index contributed by atoms with van der Waals surface area (Å²) in [6.07, 6.45) is 5.77. The highest BCUT2D eigenvalue weighted by Gasteiger charge is 2.39. The summed E-state index contributed by atoms with van der Waals surface area (Å²) in [6, 6.07) is 17.6. The number of rotatable bonds is 10. The van der Waals surface area contributed by atoms with E-state index >= 15 is 8.78 Å². The fraction of sp³-hybridized carbons (Fsp3) is 0.400. The topological polar surface area (TPSA) is 179 Å². The van der Waals surface area contributed by atoms with Gasteiger partial charge in [-0.25, -0.2) is 17.2 Å². The molecule has 0 radical (unpaired) electrons. The second-order valence-electron chi connectivity index (χ2n) is 17.3. The number of benzene rings is 3. The van der Waals surface area contributed by atoms with Crippen molar-refractivity contribution in [3.8, 4) is 0 Å². The first-order chi connectivity index (χ1) is 30.9. The van der Waals surface area contributed by atoms with Gasteiger partial charge < -0.3 is 30.3 Å². The van der Waals surface area contributed by atoms with Crippen LogP contribution >= 0.6 is 0 Å². The minimum Gasteiger partial charge on any atom is -0.370 e. The number of aromatic amines is 1. The van der Waals surface area contributed by atoms with Crippen molar-refractivity contribution in [3.63, 3.8) is 0 Å². The van der Waals surface area contributed by atoms with Crippen LogP contribution in [-0.2, 0) is 30.8 Å². The number of sulfonamides is 1. The largest absolute Gasteiger partial charge is 0.370 e. The Kier molecular flexibility index (Phi) is 10.8. The van der Waals surface area contributed by atoms with Gasteiger partial charge >= 0.3 is 0 Å². The number of anilines is 7. The normalized spacial score (nSPS) is 20.1. The van der Waals surface area contributed by atoms with E-state index in [1.807, 2.05) is 40.1 Å². The molecule has 4 fully saturated rings. The van der Waals surface area contributed by atoms with Gasteiger partial charge in [0.2, 0.25) is 33.7 Å². The van der Waals surface area contributed by atoms with E-state index in [4.69, 9.17) is 4.98 Å². The molecule has 0 saturated carbocycles. The molecule has 1 unspecified atom stereocenters. The Morgan fingerprint density at radius 1 is 0.828 bits per heavy atom. The Labute approximate surface area is 369 Å². The Morgan fingerprint density at radius 2 is 1.62 bits per heavy atom. The number of fused-ring (bicyclic) bond motifs is 2. The molecule has 64 heavy (non-hydrogen) atoms. The predicted molar refractivity (Wildman–Crippen MR) is 240 cm³/mol. The second kappa shape index (κ2) is 16.7. The summed E-state index contributed by atoms with van der Waals surface area (Å²) in [6.45, 7) is 5.60. The first-order valence-electron chi connectivity index (χ1n) is 21.8. The average molecular weight is 894 g/mol. The quantitative estimate of drug-likeness (QED) is 0.141. The van der Waals surface area contributed by atoms with Crippen molar-refractivity contribution in [1.29, 1.82) is 0 Å². The van der Waals surface area contributed by atoms with Crippen molar-refractivity contribution in [3.05, 3.63) is 89.6 Å². The number of nitrogens with zero attached hydrogens (tertiary/aromatic N) is 7. The SMILES string of the molecule is CS(=O)(=O)N1CCc2cccc(Nc3nc(Nc4ccc(N5CCC(N6CCN(C(=O)C7CN(c8ccc(C9CCC(=O)NC9=O)c(F)c8)C7)CC6)CC5)c(F)c4)nc4[nH]ccc34)c21. The molecule has 3 aromatic carbocycles. The van der Waals surface area contributed by atoms with Gasteiger partial charge in [0.1, 0.15) is 23.1 Å². The van der Waals surface area contributed by atoms with Gasteiger partial charge in [-0.1, -0.05) is 18.2 Å². The number of piperidine rings is 2. The first kappa shape index (κ1) is 41.7. The highest BCUT2D eigenvalue weighted by molar-refractivity contribution is 7.92. The zero-order valence-corrected chi connectivity index (χ0v) is 36.1. The molecule has 5 aromatic rings. The molecule has 5 aliphatic heterocycles. The maximum absolute atomic E-state index is 15.8. The highest BCUT2D eigenvalue weighted by Crippen LogP contribution is 2.40. The lowest BCUT2D eigenvalue weighted by atomic mass is 9.89. The van der Waals surface area contributed by atoms with Gasteiger partial charge in [0.25, 0.3) is 0 Å². The fourth-order valence-corrected chi connectivity index (χ4v) is 10.9. The molecule has 0 bridgehead atoms. The van der Waals surface area contributed by atoms with Crippen LogP contribution in [0.4, 0.5) is 49.0 Å². The highest BCUT2D eigenvalue weighted by atomic mass is 32.2. The number of piperazine rings is 1. The Morgan fingerprint density at radius 3 is 2.36 bits per heavy atom. The van der Waals surface area contributed by atoms with E-state index in [0.29, 0.717) is 104 Å². The molecule has 334 valence electrons. The molecule has 4 N–H and O–H groups in total. The van der Waals surface area contributed by atoms with Crippen molar-refractivity contribution < 1.29 is 31.6 Å². The third-order valence-electron chi connectivity index (χ3n) is 13.4. The maximum atomic E-state index is 15.8. The average Bonchev–Trinajstić information content (AvgIpc) is 3.93. The number of carbonyl (C=O) groups excluding carboxylic acids is 3. The summed E-state index contributed by atoms with van der Waals surface area (Å²) < 4.78 is 57.5. The predicted octanol–water partition coefficient (Wildman–Crippen LogP) is 4.82. The monoisotopic (exact) mass is 893 g/mol. The number of aromatic nitrogens is 3. The van der Waals surface area contributed by atoms with E-state index in [0.717, 1.165) is 31.5 Å². The molecular weight excluding hydrogens is 845 g/mol. The van der Waals surface area contributed by atoms with E-state index < -0.39 is 27.7 Å². The van der Waals surface area contributed by atoms with E-state index in [1.165, 1.54) is 22.7 Å². The molecule has 0 spiro atoms. The smallest absolute Gasteiger partial charge is 0.234 e. The number of para-hydroxylation sites is 1. The van der Waals surface area contributed by atoms with Crippen LogP contribution in [0, 0.1) is 17.6 Å². The maximum Gasteiger partial charge on any atom is 0.234 e. The van der Waals surface area contributed by atoms with E-state index in [-0.39, 0.29) is 47.9 Å². The summed E-state index contributed by atoms with van der Waals surface area (Å²) in [4.78, 5) is 58.1. The molecule has 5 aliphatic rings. The standard InChI is InChI=1S/C45H49F2N11O5S/c1-64(62,63)58-18-12-27-3-2-4-37(40(27)58)50-42-34-11-15-48-41(34)52-45(53-42)49-29-5-9-38(36(47)23-29)55-16-13-30(14-17-55)54-19-21-56(22-20-54)44(61)28-25-57(26-28)31-6-7-32(35(46)24-31)33-8-10-39(59)51-43(33)60/h2-7,9,11,15,23-24,28,30,33H,8,10,12-14,16-22,25-26H2,1H3,(H,51,59,60)(H3,48,49,50,52,53). The van der Waals surface area contributed by atoms with Crippen molar-refractivity contribution in [1.82, 2.24) is 30.1 Å². The molecule has 10 rings (SSSR count). The summed E-state index contributed by atoms with van der Waals surface area (Å²) in [5.41, 5.74) is 4.65. The minimum atomic E-state index is -3.48. The van der Waals surface area contributed by atoms with Crippen molar-refractivity contribution in [2.45, 2.75) is 44.1 Å². The fourth-order valence-electron chi connectivity index (χ4n) is 9.91. The summed E-state index contributed by atoms with van der Waals surface area (Å²) >= 11 is 0. The van der Waals surface area contributed by atoms with Gasteiger partial charge in [0.15, 0.2) is 0 Å². The van der Waals surface area contributed by atoms with Crippen LogP contribution in [0.15, 0.2) is 66.9 Å². The number of hydrogen-bond donors (Lipinski definition) is 4. The van der Waals surface area contributed by atoms with Gasteiger partial charge in [0, 0.05) is 94.5 Å². The number of imide groups is 1. The van der Waals surface area contributed by atoms with Crippen molar-refractivity contribution >= 4 is 79.0 Å². The Balaban J connectivity index is 0.708. The number of carbonyl (C=O) groups is 3. The van der Waals surface area contributed by atoms with Crippen molar-refractivity contribution in [2.75, 3.05) is 89.9 Å².